The predicted octanol–water partition coefficient (Wildman–Crippen LogP) is 0.783. The number of ether oxygens (including phenoxy) is 1. The third-order valence-corrected chi connectivity index (χ3v) is 2.98. The molecule has 21 heavy (non-hydrogen) atoms. The van der Waals surface area contributed by atoms with Crippen LogP contribution in [0, 0.1) is 0 Å². The van der Waals surface area contributed by atoms with Crippen LogP contribution in [0.4, 0.5) is 11.9 Å². The third kappa shape index (κ3) is 4.73. The second kappa shape index (κ2) is 7.61. The van der Waals surface area contributed by atoms with Crippen molar-refractivity contribution >= 4 is 17.8 Å². The molecular weight excluding hydrogens is 272 g/mol. The van der Waals surface area contributed by atoms with Crippen LogP contribution in [0.3, 0.4) is 0 Å². The van der Waals surface area contributed by atoms with Crippen molar-refractivity contribution in [2.75, 3.05) is 30.3 Å². The molecule has 0 spiro atoms. The molecule has 2 heterocycles. The van der Waals surface area contributed by atoms with Gasteiger partial charge in [0.25, 0.3) is 0 Å². The Labute approximate surface area is 124 Å². The lowest BCUT2D eigenvalue weighted by molar-refractivity contribution is -0.119. The number of amides is 1. The molecule has 1 saturated heterocycles. The monoisotopic (exact) mass is 294 g/mol. The largest absolute Gasteiger partial charge is 0.463 e. The minimum Gasteiger partial charge on any atom is -0.463 e. The first-order valence-electron chi connectivity index (χ1n) is 7.37. The third-order valence-electron chi connectivity index (χ3n) is 2.98. The van der Waals surface area contributed by atoms with Crippen LogP contribution < -0.4 is 20.7 Å². The molecule has 1 aliphatic heterocycles. The molecule has 8 nitrogen and oxygen atoms in total. The second-order valence-electron chi connectivity index (χ2n) is 4.83. The highest BCUT2D eigenvalue weighted by molar-refractivity contribution is 5.78. The van der Waals surface area contributed by atoms with E-state index >= 15 is 0 Å². The lowest BCUT2D eigenvalue weighted by atomic mass is 10.2. The molecule has 1 aromatic rings. The molecular formula is C13H22N6O2. The number of nitrogens with one attached hydrogen (secondary N) is 3. The van der Waals surface area contributed by atoms with E-state index in [2.05, 4.69) is 30.9 Å². The molecule has 2 rings (SSSR count). The van der Waals surface area contributed by atoms with Crippen LogP contribution in [-0.4, -0.2) is 46.6 Å². The molecule has 1 aromatic heterocycles. The summed E-state index contributed by atoms with van der Waals surface area (Å²) in [4.78, 5) is 23.9. The first-order valence-corrected chi connectivity index (χ1v) is 7.37. The number of rotatable bonds is 8. The lowest BCUT2D eigenvalue weighted by Gasteiger charge is -2.13. The topological polar surface area (TPSA) is 101 Å². The highest BCUT2D eigenvalue weighted by Gasteiger charge is 2.20. The Balaban J connectivity index is 1.98. The predicted molar refractivity (Wildman–Crippen MR) is 79.4 cm³/mol. The molecule has 3 N–H and O–H groups in total. The number of nitrogens with zero attached hydrogens (tertiary/aromatic N) is 3. The van der Waals surface area contributed by atoms with Gasteiger partial charge in [-0.05, 0) is 19.8 Å². The lowest BCUT2D eigenvalue weighted by Crippen LogP contribution is -2.32. The van der Waals surface area contributed by atoms with E-state index in [1.165, 1.54) is 0 Å². The van der Waals surface area contributed by atoms with E-state index in [1.807, 2.05) is 13.8 Å². The summed E-state index contributed by atoms with van der Waals surface area (Å²) < 4.78 is 5.46. The fraction of sp³-hybridized carbons (Fsp3) is 0.692. The Kier molecular flexibility index (Phi) is 5.53. The van der Waals surface area contributed by atoms with E-state index in [9.17, 15) is 4.79 Å². The Hall–Kier alpha value is -2.12. The summed E-state index contributed by atoms with van der Waals surface area (Å²) in [7, 11) is 0. The normalized spacial score (nSPS) is 17.4. The molecule has 1 amide bonds. The van der Waals surface area contributed by atoms with E-state index < -0.39 is 0 Å². The van der Waals surface area contributed by atoms with Gasteiger partial charge < -0.3 is 20.7 Å². The van der Waals surface area contributed by atoms with Crippen molar-refractivity contribution in [1.29, 1.82) is 0 Å². The Morgan fingerprint density at radius 2 is 2.00 bits per heavy atom. The molecule has 8 heteroatoms. The van der Waals surface area contributed by atoms with Crippen molar-refractivity contribution in [3.05, 3.63) is 0 Å². The highest BCUT2D eigenvalue weighted by atomic mass is 16.5. The Morgan fingerprint density at radius 3 is 2.62 bits per heavy atom. The van der Waals surface area contributed by atoms with Crippen LogP contribution in [-0.2, 0) is 4.79 Å². The van der Waals surface area contributed by atoms with Gasteiger partial charge in [-0.2, -0.15) is 15.0 Å². The standard InChI is InChI=1S/C13H22N6O2/c1-3-7-21-13-18-11(14-4-2)17-12(19-13)15-8-9-5-6-10(20)16-9/h9H,3-8H2,1-2H3,(H,16,20)(H2,14,15,17,18,19). The molecule has 1 atom stereocenters. The van der Waals surface area contributed by atoms with E-state index in [0.717, 1.165) is 19.4 Å². The Morgan fingerprint density at radius 1 is 1.24 bits per heavy atom. The number of hydrogen-bond acceptors (Lipinski definition) is 7. The fourth-order valence-corrected chi connectivity index (χ4v) is 1.98. The van der Waals surface area contributed by atoms with Gasteiger partial charge in [0.1, 0.15) is 0 Å². The van der Waals surface area contributed by atoms with Crippen molar-refractivity contribution in [3.63, 3.8) is 0 Å². The zero-order valence-corrected chi connectivity index (χ0v) is 12.5. The summed E-state index contributed by atoms with van der Waals surface area (Å²) in [6, 6.07) is 0.428. The van der Waals surface area contributed by atoms with Gasteiger partial charge >= 0.3 is 6.01 Å². The summed E-state index contributed by atoms with van der Waals surface area (Å²) in [6.45, 7) is 5.86. The van der Waals surface area contributed by atoms with Gasteiger partial charge in [0.05, 0.1) is 6.61 Å². The van der Waals surface area contributed by atoms with Crippen LogP contribution in [0.1, 0.15) is 33.1 Å². The molecule has 116 valence electrons. The first-order chi connectivity index (χ1) is 10.2. The maximum absolute atomic E-state index is 11.2. The van der Waals surface area contributed by atoms with E-state index in [4.69, 9.17) is 4.74 Å². The number of anilines is 2. The molecule has 0 radical (unpaired) electrons. The van der Waals surface area contributed by atoms with Gasteiger partial charge in [0.15, 0.2) is 0 Å². The van der Waals surface area contributed by atoms with Crippen LogP contribution in [0.25, 0.3) is 0 Å². The highest BCUT2D eigenvalue weighted by Crippen LogP contribution is 2.13. The average Bonchev–Trinajstić information content (AvgIpc) is 2.89. The summed E-state index contributed by atoms with van der Waals surface area (Å²) in [5.41, 5.74) is 0. The molecule has 1 unspecified atom stereocenters. The second-order valence-corrected chi connectivity index (χ2v) is 4.83. The van der Waals surface area contributed by atoms with Crippen molar-refractivity contribution in [2.24, 2.45) is 0 Å². The van der Waals surface area contributed by atoms with Gasteiger partial charge in [-0.25, -0.2) is 0 Å². The zero-order valence-electron chi connectivity index (χ0n) is 12.5. The number of carbonyl (C=O) groups is 1. The van der Waals surface area contributed by atoms with Crippen molar-refractivity contribution in [1.82, 2.24) is 20.3 Å². The number of carbonyl (C=O) groups excluding carboxylic acids is 1. The number of hydrogen-bond donors (Lipinski definition) is 3. The zero-order chi connectivity index (χ0) is 15.1. The average molecular weight is 294 g/mol. The molecule has 1 fully saturated rings. The maximum atomic E-state index is 11.2. The molecule has 0 aliphatic carbocycles. The molecule has 0 bridgehead atoms. The van der Waals surface area contributed by atoms with Crippen LogP contribution in [0.2, 0.25) is 0 Å². The van der Waals surface area contributed by atoms with Gasteiger partial charge in [0, 0.05) is 25.6 Å². The molecule has 0 saturated carbocycles. The van der Waals surface area contributed by atoms with Crippen LogP contribution >= 0.6 is 0 Å². The van der Waals surface area contributed by atoms with Crippen molar-refractivity contribution in [3.8, 4) is 6.01 Å². The summed E-state index contributed by atoms with van der Waals surface area (Å²) in [5, 5.41) is 9.07. The quantitative estimate of drug-likeness (QED) is 0.651. The van der Waals surface area contributed by atoms with Crippen molar-refractivity contribution < 1.29 is 9.53 Å². The van der Waals surface area contributed by atoms with E-state index in [1.54, 1.807) is 0 Å². The van der Waals surface area contributed by atoms with Gasteiger partial charge in [-0.3, -0.25) is 4.79 Å². The van der Waals surface area contributed by atoms with Gasteiger partial charge in [-0.1, -0.05) is 6.92 Å². The fourth-order valence-electron chi connectivity index (χ4n) is 1.98. The Bertz CT molecular complexity index is 482. The van der Waals surface area contributed by atoms with Crippen LogP contribution in [0.5, 0.6) is 6.01 Å². The first kappa shape index (κ1) is 15.3. The van der Waals surface area contributed by atoms with Crippen LogP contribution in [0.15, 0.2) is 0 Å². The maximum Gasteiger partial charge on any atom is 0.323 e. The minimum absolute atomic E-state index is 0.0951. The van der Waals surface area contributed by atoms with Crippen molar-refractivity contribution in [2.45, 2.75) is 39.2 Å². The van der Waals surface area contributed by atoms with Gasteiger partial charge in [-0.15, -0.1) is 0 Å². The molecule has 0 aromatic carbocycles. The summed E-state index contributed by atoms with van der Waals surface area (Å²) in [6.07, 6.45) is 2.30. The molecule has 1 aliphatic rings. The van der Waals surface area contributed by atoms with E-state index in [-0.39, 0.29) is 11.9 Å². The number of aromatic nitrogens is 3. The van der Waals surface area contributed by atoms with Gasteiger partial charge in [0.2, 0.25) is 17.8 Å². The van der Waals surface area contributed by atoms with E-state index in [0.29, 0.717) is 37.5 Å². The smallest absolute Gasteiger partial charge is 0.323 e. The summed E-state index contributed by atoms with van der Waals surface area (Å²) >= 11 is 0. The SMILES string of the molecule is CCCOc1nc(NCC)nc(NCC2CCC(=O)N2)n1. The summed E-state index contributed by atoms with van der Waals surface area (Å²) in [5.74, 6) is 1.03. The minimum atomic E-state index is 0.0951.